The first kappa shape index (κ1) is 17.7. The number of hydrogen-bond donors (Lipinski definition) is 2. The van der Waals surface area contributed by atoms with Crippen molar-refractivity contribution in [1.29, 1.82) is 0 Å². The van der Waals surface area contributed by atoms with Gasteiger partial charge in [-0.2, -0.15) is 0 Å². The van der Waals surface area contributed by atoms with E-state index in [0.29, 0.717) is 24.4 Å². The Kier molecular flexibility index (Phi) is 5.69. The van der Waals surface area contributed by atoms with E-state index in [-0.39, 0.29) is 11.8 Å². The highest BCUT2D eigenvalue weighted by atomic mass is 16.5. The molecule has 0 saturated heterocycles. The summed E-state index contributed by atoms with van der Waals surface area (Å²) in [5.74, 6) is 0.446. The lowest BCUT2D eigenvalue weighted by Crippen LogP contribution is -2.25. The molecule has 0 aromatic heterocycles. The first-order valence-corrected chi connectivity index (χ1v) is 8.79. The molecule has 0 aliphatic carbocycles. The van der Waals surface area contributed by atoms with Crippen molar-refractivity contribution in [2.75, 3.05) is 18.5 Å². The van der Waals surface area contributed by atoms with Gasteiger partial charge in [-0.1, -0.05) is 25.1 Å². The van der Waals surface area contributed by atoms with Gasteiger partial charge < -0.3 is 15.4 Å². The van der Waals surface area contributed by atoms with Gasteiger partial charge >= 0.3 is 0 Å². The highest BCUT2D eigenvalue weighted by Crippen LogP contribution is 2.26. The van der Waals surface area contributed by atoms with Crippen molar-refractivity contribution in [3.05, 3.63) is 65.2 Å². The lowest BCUT2D eigenvalue weighted by molar-refractivity contribution is -0.111. The van der Waals surface area contributed by atoms with Gasteiger partial charge in [-0.05, 0) is 47.9 Å². The maximum atomic E-state index is 12.3. The van der Waals surface area contributed by atoms with Gasteiger partial charge in [-0.25, -0.2) is 0 Å². The van der Waals surface area contributed by atoms with Crippen LogP contribution in [0, 0.1) is 0 Å². The molecule has 0 unspecified atom stereocenters. The molecule has 1 aliphatic heterocycles. The summed E-state index contributed by atoms with van der Waals surface area (Å²) in [6.07, 6.45) is 4.98. The maximum Gasteiger partial charge on any atom is 0.253 e. The minimum Gasteiger partial charge on any atom is -0.493 e. The zero-order chi connectivity index (χ0) is 18.4. The molecule has 26 heavy (non-hydrogen) atoms. The summed E-state index contributed by atoms with van der Waals surface area (Å²) >= 11 is 0. The van der Waals surface area contributed by atoms with Crippen molar-refractivity contribution in [2.45, 2.75) is 19.8 Å². The molecule has 0 atom stereocenters. The molecule has 0 bridgehead atoms. The third kappa shape index (κ3) is 4.30. The Balaban J connectivity index is 1.67. The number of benzene rings is 2. The van der Waals surface area contributed by atoms with Crippen molar-refractivity contribution in [1.82, 2.24) is 5.32 Å². The van der Waals surface area contributed by atoms with Gasteiger partial charge in [0.15, 0.2) is 0 Å². The van der Waals surface area contributed by atoms with Gasteiger partial charge in [-0.3, -0.25) is 9.59 Å². The standard InChI is InChI=1S/C21H22N2O3/c1-2-12-22-21(25)17-5-3-4-6-18(17)23-20(24)10-8-15-7-9-19-16(14-15)11-13-26-19/h3-10,14H,2,11-13H2,1H3,(H,22,25)(H,23,24)/b10-8+. The van der Waals surface area contributed by atoms with Crippen LogP contribution in [0.5, 0.6) is 5.75 Å². The molecule has 1 heterocycles. The first-order valence-electron chi connectivity index (χ1n) is 8.79. The van der Waals surface area contributed by atoms with Crippen molar-refractivity contribution < 1.29 is 14.3 Å². The van der Waals surface area contributed by atoms with Crippen molar-refractivity contribution >= 4 is 23.6 Å². The number of carbonyl (C=O) groups is 2. The van der Waals surface area contributed by atoms with Crippen molar-refractivity contribution in [2.24, 2.45) is 0 Å². The number of hydrogen-bond acceptors (Lipinski definition) is 3. The van der Waals surface area contributed by atoms with E-state index in [1.54, 1.807) is 30.3 Å². The lowest BCUT2D eigenvalue weighted by Gasteiger charge is -2.10. The average molecular weight is 350 g/mol. The van der Waals surface area contributed by atoms with Gasteiger partial charge in [0.2, 0.25) is 5.91 Å². The Labute approximate surface area is 153 Å². The second kappa shape index (κ2) is 8.34. The Morgan fingerprint density at radius 2 is 2.04 bits per heavy atom. The zero-order valence-corrected chi connectivity index (χ0v) is 14.7. The van der Waals surface area contributed by atoms with Crippen LogP contribution in [0.15, 0.2) is 48.5 Å². The second-order valence-corrected chi connectivity index (χ2v) is 6.09. The molecular formula is C21H22N2O3. The van der Waals surface area contributed by atoms with Crippen LogP contribution in [0.3, 0.4) is 0 Å². The monoisotopic (exact) mass is 350 g/mol. The number of nitrogens with one attached hydrogen (secondary N) is 2. The predicted molar refractivity (Wildman–Crippen MR) is 102 cm³/mol. The number of ether oxygens (including phenoxy) is 1. The topological polar surface area (TPSA) is 67.4 Å². The van der Waals surface area contributed by atoms with E-state index in [1.807, 2.05) is 25.1 Å². The van der Waals surface area contributed by atoms with E-state index in [9.17, 15) is 9.59 Å². The SMILES string of the molecule is CCCNC(=O)c1ccccc1NC(=O)/C=C/c1ccc2c(c1)CCO2. The van der Waals surface area contributed by atoms with E-state index < -0.39 is 0 Å². The van der Waals surface area contributed by atoms with Gasteiger partial charge in [0.1, 0.15) is 5.75 Å². The van der Waals surface area contributed by atoms with E-state index in [0.717, 1.165) is 29.7 Å². The van der Waals surface area contributed by atoms with Crippen LogP contribution in [-0.4, -0.2) is 25.0 Å². The molecule has 1 aliphatic rings. The minimum atomic E-state index is -0.280. The fourth-order valence-corrected chi connectivity index (χ4v) is 2.78. The predicted octanol–water partition coefficient (Wildman–Crippen LogP) is 3.41. The molecule has 0 fully saturated rings. The molecule has 3 rings (SSSR count). The van der Waals surface area contributed by atoms with Gasteiger partial charge in [0, 0.05) is 19.0 Å². The average Bonchev–Trinajstić information content (AvgIpc) is 3.12. The van der Waals surface area contributed by atoms with Crippen LogP contribution in [-0.2, 0) is 11.2 Å². The fourth-order valence-electron chi connectivity index (χ4n) is 2.78. The molecule has 0 spiro atoms. The van der Waals surface area contributed by atoms with Gasteiger partial charge in [-0.15, -0.1) is 0 Å². The number of carbonyl (C=O) groups excluding carboxylic acids is 2. The molecule has 5 heteroatoms. The maximum absolute atomic E-state index is 12.3. The van der Waals surface area contributed by atoms with E-state index in [1.165, 1.54) is 6.08 Å². The summed E-state index contributed by atoms with van der Waals surface area (Å²) in [6, 6.07) is 12.9. The van der Waals surface area contributed by atoms with Crippen LogP contribution in [0.4, 0.5) is 5.69 Å². The van der Waals surface area contributed by atoms with Crippen molar-refractivity contribution in [3.63, 3.8) is 0 Å². The molecule has 2 aromatic rings. The number of rotatable bonds is 6. The summed E-state index contributed by atoms with van der Waals surface area (Å²) in [5.41, 5.74) is 3.05. The lowest BCUT2D eigenvalue weighted by atomic mass is 10.1. The molecule has 2 N–H and O–H groups in total. The van der Waals surface area contributed by atoms with Crippen molar-refractivity contribution in [3.8, 4) is 5.75 Å². The van der Waals surface area contributed by atoms with Gasteiger partial charge in [0.05, 0.1) is 17.9 Å². The molecule has 2 amide bonds. The smallest absolute Gasteiger partial charge is 0.253 e. The number of para-hydroxylation sites is 1. The summed E-state index contributed by atoms with van der Waals surface area (Å²) in [4.78, 5) is 24.5. The van der Waals surface area contributed by atoms with Gasteiger partial charge in [0.25, 0.3) is 5.91 Å². The van der Waals surface area contributed by atoms with Crippen LogP contribution in [0.1, 0.15) is 34.8 Å². The highest BCUT2D eigenvalue weighted by Gasteiger charge is 2.12. The molecular weight excluding hydrogens is 328 g/mol. The van der Waals surface area contributed by atoms with E-state index in [2.05, 4.69) is 10.6 Å². The Hall–Kier alpha value is -3.08. The van der Waals surface area contributed by atoms with E-state index in [4.69, 9.17) is 4.74 Å². The molecule has 0 radical (unpaired) electrons. The summed E-state index contributed by atoms with van der Waals surface area (Å²) in [6.45, 7) is 3.30. The molecule has 134 valence electrons. The minimum absolute atomic E-state index is 0.189. The van der Waals surface area contributed by atoms with E-state index >= 15 is 0 Å². The Bertz CT molecular complexity index is 843. The normalized spacial score (nSPS) is 12.5. The summed E-state index contributed by atoms with van der Waals surface area (Å²) in [7, 11) is 0. The third-order valence-electron chi connectivity index (χ3n) is 4.11. The molecule has 5 nitrogen and oxygen atoms in total. The molecule has 0 saturated carbocycles. The largest absolute Gasteiger partial charge is 0.493 e. The van der Waals surface area contributed by atoms with Crippen LogP contribution >= 0.6 is 0 Å². The quantitative estimate of drug-likeness (QED) is 0.785. The highest BCUT2D eigenvalue weighted by molar-refractivity contribution is 6.07. The van der Waals surface area contributed by atoms with Crippen LogP contribution in [0.25, 0.3) is 6.08 Å². The summed E-state index contributed by atoms with van der Waals surface area (Å²) < 4.78 is 5.48. The Morgan fingerprint density at radius 1 is 1.19 bits per heavy atom. The Morgan fingerprint density at radius 3 is 2.88 bits per heavy atom. The first-order chi connectivity index (χ1) is 12.7. The zero-order valence-electron chi connectivity index (χ0n) is 14.7. The number of anilines is 1. The second-order valence-electron chi connectivity index (χ2n) is 6.09. The van der Waals surface area contributed by atoms with Crippen LogP contribution in [0.2, 0.25) is 0 Å². The molecule has 2 aromatic carbocycles. The number of amides is 2. The third-order valence-corrected chi connectivity index (χ3v) is 4.11. The van der Waals surface area contributed by atoms with Crippen LogP contribution < -0.4 is 15.4 Å². The fraction of sp³-hybridized carbons (Fsp3) is 0.238. The number of fused-ring (bicyclic) bond motifs is 1. The summed E-state index contributed by atoms with van der Waals surface area (Å²) in [5, 5.41) is 5.60.